The van der Waals surface area contributed by atoms with Crippen molar-refractivity contribution in [1.82, 2.24) is 0 Å². The predicted molar refractivity (Wildman–Crippen MR) is 56.0 cm³/mol. The third-order valence-electron chi connectivity index (χ3n) is 2.27. The van der Waals surface area contributed by atoms with Gasteiger partial charge < -0.3 is 4.74 Å². The van der Waals surface area contributed by atoms with Gasteiger partial charge in [0.1, 0.15) is 12.0 Å². The van der Waals surface area contributed by atoms with Crippen molar-refractivity contribution in [3.8, 4) is 5.75 Å². The summed E-state index contributed by atoms with van der Waals surface area (Å²) < 4.78 is 42.6. The molecule has 1 atom stereocenters. The van der Waals surface area contributed by atoms with Gasteiger partial charge in [-0.15, -0.1) is 0 Å². The lowest BCUT2D eigenvalue weighted by Gasteiger charge is -2.26. The van der Waals surface area contributed by atoms with Crippen molar-refractivity contribution >= 4 is 24.0 Å². The number of carbonyl (C=O) groups is 1. The number of benzene rings is 1. The van der Waals surface area contributed by atoms with Crippen molar-refractivity contribution in [3.05, 3.63) is 34.4 Å². The van der Waals surface area contributed by atoms with Crippen LogP contribution in [0.5, 0.6) is 5.75 Å². The standard InChI is InChI=1S/C11H6ClF3O2/c12-8-1-2-9-6(4-8)3-7(5-16)10(17-9)11(13,14)15/h1-5,10H/t10-/m0/s1. The molecule has 0 aliphatic carbocycles. The van der Waals surface area contributed by atoms with Crippen LogP contribution in [0.1, 0.15) is 5.56 Å². The van der Waals surface area contributed by atoms with E-state index >= 15 is 0 Å². The predicted octanol–water partition coefficient (Wildman–Crippen LogP) is 3.25. The molecule has 1 aliphatic heterocycles. The molecule has 0 unspecified atom stereocenters. The number of halogens is 4. The second kappa shape index (κ2) is 4.07. The summed E-state index contributed by atoms with van der Waals surface area (Å²) in [4.78, 5) is 10.6. The number of hydrogen-bond acceptors (Lipinski definition) is 2. The number of ether oxygens (including phenoxy) is 1. The molecule has 0 fully saturated rings. The van der Waals surface area contributed by atoms with E-state index in [0.717, 1.165) is 6.08 Å². The summed E-state index contributed by atoms with van der Waals surface area (Å²) in [6, 6.07) is 4.20. The Morgan fingerprint density at radius 3 is 2.65 bits per heavy atom. The first kappa shape index (κ1) is 12.0. The van der Waals surface area contributed by atoms with E-state index in [2.05, 4.69) is 0 Å². The summed E-state index contributed by atoms with van der Waals surface area (Å²) >= 11 is 5.70. The molecule has 1 aromatic carbocycles. The van der Waals surface area contributed by atoms with Crippen LogP contribution in [0, 0.1) is 0 Å². The third-order valence-corrected chi connectivity index (χ3v) is 2.51. The molecule has 2 rings (SSSR count). The van der Waals surface area contributed by atoms with E-state index in [1.807, 2.05) is 0 Å². The van der Waals surface area contributed by atoms with Crippen LogP contribution in [0.2, 0.25) is 5.02 Å². The zero-order chi connectivity index (χ0) is 12.6. The molecule has 0 aromatic heterocycles. The molecule has 17 heavy (non-hydrogen) atoms. The molecule has 0 saturated heterocycles. The average molecular weight is 263 g/mol. The Kier molecular flexibility index (Phi) is 2.87. The summed E-state index contributed by atoms with van der Waals surface area (Å²) in [6.07, 6.45) is -5.56. The maximum atomic E-state index is 12.6. The van der Waals surface area contributed by atoms with Gasteiger partial charge in [-0.3, -0.25) is 4.79 Å². The van der Waals surface area contributed by atoms with Crippen LogP contribution in [-0.4, -0.2) is 18.6 Å². The highest BCUT2D eigenvalue weighted by molar-refractivity contribution is 6.30. The molecule has 0 spiro atoms. The van der Waals surface area contributed by atoms with E-state index in [0.29, 0.717) is 10.6 Å². The number of carbonyl (C=O) groups excluding carboxylic acids is 1. The van der Waals surface area contributed by atoms with E-state index in [1.165, 1.54) is 18.2 Å². The first-order valence-corrected chi connectivity index (χ1v) is 4.99. The fraction of sp³-hybridized carbons (Fsp3) is 0.182. The second-order valence-corrected chi connectivity index (χ2v) is 3.92. The van der Waals surface area contributed by atoms with Crippen LogP contribution in [0.3, 0.4) is 0 Å². The van der Waals surface area contributed by atoms with Crippen molar-refractivity contribution in [2.75, 3.05) is 0 Å². The van der Waals surface area contributed by atoms with Gasteiger partial charge in [-0.25, -0.2) is 0 Å². The van der Waals surface area contributed by atoms with Gasteiger partial charge in [0, 0.05) is 16.2 Å². The zero-order valence-electron chi connectivity index (χ0n) is 8.29. The Labute approximate surface area is 99.6 Å². The Hall–Kier alpha value is -1.49. The molecule has 2 nitrogen and oxygen atoms in total. The molecule has 0 bridgehead atoms. The molecule has 6 heteroatoms. The number of fused-ring (bicyclic) bond motifs is 1. The lowest BCUT2D eigenvalue weighted by atomic mass is 10.0. The minimum Gasteiger partial charge on any atom is -0.475 e. The smallest absolute Gasteiger partial charge is 0.429 e. The molecule has 1 aliphatic rings. The van der Waals surface area contributed by atoms with Gasteiger partial charge >= 0.3 is 6.18 Å². The van der Waals surface area contributed by atoms with Crippen molar-refractivity contribution in [2.45, 2.75) is 12.3 Å². The van der Waals surface area contributed by atoms with Crippen molar-refractivity contribution in [3.63, 3.8) is 0 Å². The Bertz CT molecular complexity index is 494. The van der Waals surface area contributed by atoms with E-state index in [4.69, 9.17) is 16.3 Å². The fourth-order valence-electron chi connectivity index (χ4n) is 1.54. The number of aldehydes is 1. The van der Waals surface area contributed by atoms with Gasteiger partial charge in [-0.2, -0.15) is 13.2 Å². The topological polar surface area (TPSA) is 26.3 Å². The highest BCUT2D eigenvalue weighted by atomic mass is 35.5. The van der Waals surface area contributed by atoms with Crippen LogP contribution >= 0.6 is 11.6 Å². The van der Waals surface area contributed by atoms with Gasteiger partial charge in [-0.1, -0.05) is 11.6 Å². The molecule has 0 N–H and O–H groups in total. The zero-order valence-corrected chi connectivity index (χ0v) is 9.05. The lowest BCUT2D eigenvalue weighted by molar-refractivity contribution is -0.184. The van der Waals surface area contributed by atoms with Crippen LogP contribution in [-0.2, 0) is 4.79 Å². The lowest BCUT2D eigenvalue weighted by Crippen LogP contribution is -2.38. The quantitative estimate of drug-likeness (QED) is 0.726. The molecular formula is C11H6ClF3O2. The van der Waals surface area contributed by atoms with Gasteiger partial charge in [0.2, 0.25) is 6.10 Å². The molecular weight excluding hydrogens is 257 g/mol. The molecule has 0 amide bonds. The van der Waals surface area contributed by atoms with E-state index in [-0.39, 0.29) is 12.0 Å². The highest BCUT2D eigenvalue weighted by Crippen LogP contribution is 2.37. The summed E-state index contributed by atoms with van der Waals surface area (Å²) in [5.74, 6) is 0.0577. The summed E-state index contributed by atoms with van der Waals surface area (Å²) in [5, 5.41) is 0.360. The average Bonchev–Trinajstić information content (AvgIpc) is 2.25. The van der Waals surface area contributed by atoms with Crippen LogP contribution in [0.4, 0.5) is 13.2 Å². The largest absolute Gasteiger partial charge is 0.475 e. The molecule has 0 saturated carbocycles. The minimum atomic E-state index is -4.62. The number of alkyl halides is 3. The third kappa shape index (κ3) is 2.29. The summed E-state index contributed by atoms with van der Waals surface area (Å²) in [7, 11) is 0. The number of rotatable bonds is 1. The maximum Gasteiger partial charge on any atom is 0.429 e. The first-order valence-electron chi connectivity index (χ1n) is 4.61. The van der Waals surface area contributed by atoms with Crippen LogP contribution in [0.25, 0.3) is 6.08 Å². The first-order chi connectivity index (χ1) is 7.91. The molecule has 0 radical (unpaired) electrons. The SMILES string of the molecule is O=CC1=Cc2cc(Cl)ccc2O[C@@H]1C(F)(F)F. The van der Waals surface area contributed by atoms with Gasteiger partial charge in [-0.05, 0) is 24.3 Å². The van der Waals surface area contributed by atoms with Crippen LogP contribution < -0.4 is 4.74 Å². The monoisotopic (exact) mass is 262 g/mol. The van der Waals surface area contributed by atoms with Gasteiger partial charge in [0.15, 0.2) is 0 Å². The maximum absolute atomic E-state index is 12.6. The summed E-state index contributed by atoms with van der Waals surface area (Å²) in [6.45, 7) is 0. The number of hydrogen-bond donors (Lipinski definition) is 0. The molecule has 1 aromatic rings. The molecule has 1 heterocycles. The normalized spacial score (nSPS) is 19.1. The Balaban J connectivity index is 2.49. The van der Waals surface area contributed by atoms with Crippen molar-refractivity contribution in [1.29, 1.82) is 0 Å². The Morgan fingerprint density at radius 1 is 1.35 bits per heavy atom. The van der Waals surface area contributed by atoms with E-state index < -0.39 is 17.9 Å². The summed E-state index contributed by atoms with van der Waals surface area (Å²) in [5.41, 5.74) is -0.104. The van der Waals surface area contributed by atoms with Crippen LogP contribution in [0.15, 0.2) is 23.8 Å². The van der Waals surface area contributed by atoms with E-state index in [9.17, 15) is 18.0 Å². The second-order valence-electron chi connectivity index (χ2n) is 3.48. The fourth-order valence-corrected chi connectivity index (χ4v) is 1.72. The van der Waals surface area contributed by atoms with Gasteiger partial charge in [0.05, 0.1) is 0 Å². The van der Waals surface area contributed by atoms with Crippen molar-refractivity contribution in [2.24, 2.45) is 0 Å². The van der Waals surface area contributed by atoms with Crippen molar-refractivity contribution < 1.29 is 22.7 Å². The highest BCUT2D eigenvalue weighted by Gasteiger charge is 2.46. The Morgan fingerprint density at radius 2 is 2.06 bits per heavy atom. The van der Waals surface area contributed by atoms with Gasteiger partial charge in [0.25, 0.3) is 0 Å². The molecule has 90 valence electrons. The van der Waals surface area contributed by atoms with E-state index in [1.54, 1.807) is 0 Å². The minimum absolute atomic E-state index is 0.0577.